The van der Waals surface area contributed by atoms with Crippen LogP contribution in [-0.4, -0.2) is 11.2 Å². The van der Waals surface area contributed by atoms with E-state index in [1.807, 2.05) is 19.9 Å². The Morgan fingerprint density at radius 2 is 2.05 bits per heavy atom. The van der Waals surface area contributed by atoms with Crippen molar-refractivity contribution in [2.24, 2.45) is 5.73 Å². The molecule has 0 aliphatic heterocycles. The van der Waals surface area contributed by atoms with E-state index in [1.165, 1.54) is 5.56 Å². The number of nitrogens with two attached hydrogens (primary N) is 1. The zero-order chi connectivity index (χ0) is 15.4. The van der Waals surface area contributed by atoms with Crippen molar-refractivity contribution >= 4 is 0 Å². The number of aryl methyl sites for hydroxylation is 3. The van der Waals surface area contributed by atoms with Crippen LogP contribution >= 0.6 is 0 Å². The summed E-state index contributed by atoms with van der Waals surface area (Å²) in [4.78, 5) is 0. The Balaban J connectivity index is 2.15. The van der Waals surface area contributed by atoms with Gasteiger partial charge in [0.15, 0.2) is 0 Å². The van der Waals surface area contributed by atoms with Gasteiger partial charge in [-0.1, -0.05) is 29.8 Å². The van der Waals surface area contributed by atoms with Gasteiger partial charge in [-0.2, -0.15) is 0 Å². The molecular formula is C17H24N2O2. The van der Waals surface area contributed by atoms with Crippen LogP contribution in [0.25, 0.3) is 0 Å². The van der Waals surface area contributed by atoms with Crippen molar-refractivity contribution in [1.82, 2.24) is 5.16 Å². The molecule has 1 aromatic carbocycles. The lowest BCUT2D eigenvalue weighted by Gasteiger charge is -2.15. The molecule has 0 aliphatic carbocycles. The highest BCUT2D eigenvalue weighted by Gasteiger charge is 2.12. The van der Waals surface area contributed by atoms with Gasteiger partial charge in [-0.25, -0.2) is 0 Å². The first kappa shape index (κ1) is 15.6. The minimum atomic E-state index is 0.160. The Morgan fingerprint density at radius 3 is 2.67 bits per heavy atom. The van der Waals surface area contributed by atoms with Crippen molar-refractivity contribution in [3.63, 3.8) is 0 Å². The fourth-order valence-electron chi connectivity index (χ4n) is 2.29. The maximum atomic E-state index is 6.08. The monoisotopic (exact) mass is 288 g/mol. The van der Waals surface area contributed by atoms with Crippen molar-refractivity contribution in [2.45, 2.75) is 53.2 Å². The third-order valence-electron chi connectivity index (χ3n) is 3.78. The summed E-state index contributed by atoms with van der Waals surface area (Å²) in [6.45, 7) is 8.49. The highest BCUT2D eigenvalue weighted by Crippen LogP contribution is 2.24. The highest BCUT2D eigenvalue weighted by atomic mass is 16.5. The van der Waals surface area contributed by atoms with E-state index in [2.05, 4.69) is 31.1 Å². The summed E-state index contributed by atoms with van der Waals surface area (Å²) in [5.41, 5.74) is 10.4. The summed E-state index contributed by atoms with van der Waals surface area (Å²) in [5.74, 6) is 1.70. The second-order valence-corrected chi connectivity index (χ2v) is 5.58. The van der Waals surface area contributed by atoms with Crippen molar-refractivity contribution in [1.29, 1.82) is 0 Å². The number of hydrogen-bond donors (Lipinski definition) is 1. The smallest absolute Gasteiger partial charge is 0.140 e. The van der Waals surface area contributed by atoms with E-state index in [0.717, 1.165) is 41.2 Å². The molecule has 2 aromatic rings. The Bertz CT molecular complexity index is 585. The number of nitrogens with zero attached hydrogens (tertiary/aromatic N) is 1. The topological polar surface area (TPSA) is 61.3 Å². The number of rotatable bonds is 6. The first-order valence-electron chi connectivity index (χ1n) is 7.41. The van der Waals surface area contributed by atoms with Crippen LogP contribution < -0.4 is 10.5 Å². The average Bonchev–Trinajstić information content (AvgIpc) is 2.77. The van der Waals surface area contributed by atoms with Gasteiger partial charge in [0.05, 0.1) is 11.3 Å². The quantitative estimate of drug-likeness (QED) is 0.884. The molecule has 0 radical (unpaired) electrons. The molecule has 0 spiro atoms. The Labute approximate surface area is 126 Å². The Hall–Kier alpha value is -1.81. The molecule has 0 aliphatic rings. The van der Waals surface area contributed by atoms with Gasteiger partial charge in [0.1, 0.15) is 18.1 Å². The van der Waals surface area contributed by atoms with Gasteiger partial charge in [0.2, 0.25) is 0 Å². The average molecular weight is 288 g/mol. The number of benzene rings is 1. The fraction of sp³-hybridized carbons (Fsp3) is 0.471. The van der Waals surface area contributed by atoms with Crippen molar-refractivity contribution in [3.8, 4) is 5.75 Å². The molecule has 0 fully saturated rings. The van der Waals surface area contributed by atoms with E-state index in [4.69, 9.17) is 15.0 Å². The molecule has 1 atom stereocenters. The molecule has 0 amide bonds. The van der Waals surface area contributed by atoms with Crippen LogP contribution in [0.3, 0.4) is 0 Å². The van der Waals surface area contributed by atoms with Gasteiger partial charge in [-0.3, -0.25) is 0 Å². The number of aromatic nitrogens is 1. The van der Waals surface area contributed by atoms with Crippen LogP contribution in [0, 0.1) is 20.8 Å². The third kappa shape index (κ3) is 3.85. The van der Waals surface area contributed by atoms with Crippen molar-refractivity contribution in [2.75, 3.05) is 0 Å². The van der Waals surface area contributed by atoms with Gasteiger partial charge < -0.3 is 15.0 Å². The minimum absolute atomic E-state index is 0.160. The third-order valence-corrected chi connectivity index (χ3v) is 3.78. The van der Waals surface area contributed by atoms with Gasteiger partial charge in [-0.05, 0) is 45.2 Å². The highest BCUT2D eigenvalue weighted by molar-refractivity contribution is 5.38. The largest absolute Gasteiger partial charge is 0.488 e. The van der Waals surface area contributed by atoms with Crippen LogP contribution in [-0.2, 0) is 13.0 Å². The zero-order valence-corrected chi connectivity index (χ0v) is 13.3. The van der Waals surface area contributed by atoms with E-state index < -0.39 is 0 Å². The van der Waals surface area contributed by atoms with Crippen LogP contribution in [0.2, 0.25) is 0 Å². The lowest BCUT2D eigenvalue weighted by atomic mass is 10.0. The number of hydrogen-bond acceptors (Lipinski definition) is 4. The molecule has 1 aromatic heterocycles. The summed E-state index contributed by atoms with van der Waals surface area (Å²) in [5, 5.41) is 3.95. The van der Waals surface area contributed by atoms with E-state index in [9.17, 15) is 0 Å². The summed E-state index contributed by atoms with van der Waals surface area (Å²) >= 11 is 0. The Kier molecular flexibility index (Phi) is 5.02. The van der Waals surface area contributed by atoms with Gasteiger partial charge in [0, 0.05) is 6.04 Å². The Morgan fingerprint density at radius 1 is 1.29 bits per heavy atom. The van der Waals surface area contributed by atoms with Crippen LogP contribution in [0.1, 0.15) is 41.5 Å². The molecule has 114 valence electrons. The molecule has 1 heterocycles. The predicted octanol–water partition coefficient (Wildman–Crippen LogP) is 3.46. The van der Waals surface area contributed by atoms with E-state index >= 15 is 0 Å². The second-order valence-electron chi connectivity index (χ2n) is 5.58. The molecule has 0 saturated carbocycles. The molecule has 21 heavy (non-hydrogen) atoms. The number of ether oxygens (including phenoxy) is 1. The van der Waals surface area contributed by atoms with E-state index in [-0.39, 0.29) is 6.04 Å². The van der Waals surface area contributed by atoms with Crippen LogP contribution in [0.5, 0.6) is 5.75 Å². The molecule has 0 bridgehead atoms. The molecule has 1 unspecified atom stereocenters. The van der Waals surface area contributed by atoms with Crippen LogP contribution in [0.15, 0.2) is 22.7 Å². The molecular weight excluding hydrogens is 264 g/mol. The maximum absolute atomic E-state index is 6.08. The van der Waals surface area contributed by atoms with Crippen molar-refractivity contribution < 1.29 is 9.26 Å². The molecule has 2 rings (SSSR count). The van der Waals surface area contributed by atoms with E-state index in [0.29, 0.717) is 6.61 Å². The normalized spacial score (nSPS) is 12.4. The maximum Gasteiger partial charge on any atom is 0.140 e. The summed E-state index contributed by atoms with van der Waals surface area (Å²) in [7, 11) is 0. The lowest BCUT2D eigenvalue weighted by molar-refractivity contribution is 0.298. The molecule has 0 saturated heterocycles. The van der Waals surface area contributed by atoms with Gasteiger partial charge in [-0.15, -0.1) is 0 Å². The first-order valence-corrected chi connectivity index (χ1v) is 7.41. The standard InChI is InChI=1S/C17H24N2O2/c1-5-15(18)9-14-8-11(2)6-7-17(14)20-10-16-12(3)19-21-13(16)4/h6-8,15H,5,9-10,18H2,1-4H3. The van der Waals surface area contributed by atoms with Gasteiger partial charge in [0.25, 0.3) is 0 Å². The molecule has 4 nitrogen and oxygen atoms in total. The zero-order valence-electron chi connectivity index (χ0n) is 13.3. The first-order chi connectivity index (χ1) is 10.0. The second kappa shape index (κ2) is 6.76. The van der Waals surface area contributed by atoms with E-state index in [1.54, 1.807) is 0 Å². The van der Waals surface area contributed by atoms with Crippen LogP contribution in [0.4, 0.5) is 0 Å². The lowest BCUT2D eigenvalue weighted by Crippen LogP contribution is -2.21. The summed E-state index contributed by atoms with van der Waals surface area (Å²) < 4.78 is 11.2. The van der Waals surface area contributed by atoms with Gasteiger partial charge >= 0.3 is 0 Å². The predicted molar refractivity (Wildman–Crippen MR) is 83.5 cm³/mol. The summed E-state index contributed by atoms with van der Waals surface area (Å²) in [6.07, 6.45) is 1.78. The SMILES string of the molecule is CCC(N)Cc1cc(C)ccc1OCc1c(C)noc1C. The fourth-order valence-corrected chi connectivity index (χ4v) is 2.29. The minimum Gasteiger partial charge on any atom is -0.488 e. The van der Waals surface area contributed by atoms with Crippen molar-refractivity contribution in [3.05, 3.63) is 46.3 Å². The molecule has 4 heteroatoms. The molecule has 2 N–H and O–H groups in total. The summed E-state index contributed by atoms with van der Waals surface area (Å²) in [6, 6.07) is 6.39.